The average Bonchev–Trinajstić information content (AvgIpc) is 2.52. The van der Waals surface area contributed by atoms with Crippen LogP contribution in [0.15, 0.2) is 11.4 Å². The monoisotopic (exact) mass is 248 g/mol. The van der Waals surface area contributed by atoms with Gasteiger partial charge in [0.05, 0.1) is 11.3 Å². The van der Waals surface area contributed by atoms with Crippen LogP contribution < -0.4 is 11.3 Å². The quantitative estimate of drug-likeness (QED) is 0.616. The van der Waals surface area contributed by atoms with Gasteiger partial charge in [0.15, 0.2) is 9.84 Å². The van der Waals surface area contributed by atoms with Gasteiger partial charge in [-0.25, -0.2) is 8.42 Å². The standard InChI is InChI=1S/C9H16N2O2S2/c1-6-4-5-14-9(6)8(11-10)7(2)15(3,12)13/h4-5,7-8,11H,10H2,1-3H3. The fourth-order valence-electron chi connectivity index (χ4n) is 1.37. The van der Waals surface area contributed by atoms with E-state index >= 15 is 0 Å². The predicted molar refractivity (Wildman–Crippen MR) is 63.4 cm³/mol. The Bertz CT molecular complexity index is 425. The van der Waals surface area contributed by atoms with Gasteiger partial charge in [0.2, 0.25) is 0 Å². The first-order valence-corrected chi connectivity index (χ1v) is 7.40. The van der Waals surface area contributed by atoms with Crippen LogP contribution in [0.2, 0.25) is 0 Å². The average molecular weight is 248 g/mol. The maximum Gasteiger partial charge on any atom is 0.151 e. The van der Waals surface area contributed by atoms with Crippen LogP contribution in [0, 0.1) is 6.92 Å². The maximum absolute atomic E-state index is 11.4. The van der Waals surface area contributed by atoms with E-state index in [1.54, 1.807) is 6.92 Å². The molecule has 0 saturated carbocycles. The molecular formula is C9H16N2O2S2. The summed E-state index contributed by atoms with van der Waals surface area (Å²) in [5.41, 5.74) is 3.65. The molecule has 0 saturated heterocycles. The summed E-state index contributed by atoms with van der Waals surface area (Å²) in [6.45, 7) is 3.62. The number of hydrogen-bond acceptors (Lipinski definition) is 5. The van der Waals surface area contributed by atoms with Gasteiger partial charge in [-0.3, -0.25) is 11.3 Å². The Morgan fingerprint density at radius 2 is 2.13 bits per heavy atom. The van der Waals surface area contributed by atoms with Crippen LogP contribution >= 0.6 is 11.3 Å². The first-order chi connectivity index (χ1) is 6.88. The van der Waals surface area contributed by atoms with Gasteiger partial charge >= 0.3 is 0 Å². The van der Waals surface area contributed by atoms with Crippen molar-refractivity contribution < 1.29 is 8.42 Å². The van der Waals surface area contributed by atoms with Crippen molar-refractivity contribution in [3.8, 4) is 0 Å². The molecule has 1 rings (SSSR count). The Morgan fingerprint density at radius 3 is 2.47 bits per heavy atom. The third-order valence-corrected chi connectivity index (χ3v) is 5.23. The molecule has 0 aromatic carbocycles. The lowest BCUT2D eigenvalue weighted by Gasteiger charge is -2.21. The summed E-state index contributed by atoms with van der Waals surface area (Å²) in [6.07, 6.45) is 1.23. The van der Waals surface area contributed by atoms with Crippen LogP contribution in [0.25, 0.3) is 0 Å². The topological polar surface area (TPSA) is 72.2 Å². The summed E-state index contributed by atoms with van der Waals surface area (Å²) >= 11 is 1.52. The summed E-state index contributed by atoms with van der Waals surface area (Å²) in [5, 5.41) is 1.41. The van der Waals surface area contributed by atoms with E-state index in [2.05, 4.69) is 5.43 Å². The van der Waals surface area contributed by atoms with Crippen molar-refractivity contribution >= 4 is 21.2 Å². The Balaban J connectivity index is 3.06. The van der Waals surface area contributed by atoms with Crippen molar-refractivity contribution in [1.82, 2.24) is 5.43 Å². The molecule has 2 unspecified atom stereocenters. The second-order valence-electron chi connectivity index (χ2n) is 3.65. The predicted octanol–water partition coefficient (Wildman–Crippen LogP) is 0.994. The second kappa shape index (κ2) is 4.61. The largest absolute Gasteiger partial charge is 0.271 e. The van der Waals surface area contributed by atoms with E-state index in [-0.39, 0.29) is 6.04 Å². The maximum atomic E-state index is 11.4. The van der Waals surface area contributed by atoms with Gasteiger partial charge in [0, 0.05) is 11.1 Å². The lowest BCUT2D eigenvalue weighted by molar-refractivity contribution is 0.518. The van der Waals surface area contributed by atoms with Gasteiger partial charge in [0.1, 0.15) is 0 Å². The minimum atomic E-state index is -3.09. The molecule has 1 aromatic rings. The third-order valence-electron chi connectivity index (χ3n) is 2.51. The molecule has 1 heterocycles. The van der Waals surface area contributed by atoms with E-state index in [1.165, 1.54) is 17.6 Å². The summed E-state index contributed by atoms with van der Waals surface area (Å²) in [7, 11) is -3.09. The van der Waals surface area contributed by atoms with Gasteiger partial charge in [-0.05, 0) is 30.9 Å². The highest BCUT2D eigenvalue weighted by molar-refractivity contribution is 7.91. The van der Waals surface area contributed by atoms with Gasteiger partial charge < -0.3 is 0 Å². The van der Waals surface area contributed by atoms with Crippen LogP contribution in [0.5, 0.6) is 0 Å². The SMILES string of the molecule is Cc1ccsc1C(NN)C(C)S(C)(=O)=O. The van der Waals surface area contributed by atoms with E-state index in [1.807, 2.05) is 18.4 Å². The van der Waals surface area contributed by atoms with Crippen LogP contribution in [0.1, 0.15) is 23.4 Å². The number of rotatable bonds is 4. The highest BCUT2D eigenvalue weighted by Gasteiger charge is 2.28. The van der Waals surface area contributed by atoms with E-state index in [9.17, 15) is 8.42 Å². The number of aryl methyl sites for hydroxylation is 1. The van der Waals surface area contributed by atoms with Crippen LogP contribution in [0.4, 0.5) is 0 Å². The molecule has 0 bridgehead atoms. The summed E-state index contributed by atoms with van der Waals surface area (Å²) in [6, 6.07) is 1.62. The molecule has 3 N–H and O–H groups in total. The second-order valence-corrected chi connectivity index (χ2v) is 7.00. The Kier molecular flexibility index (Phi) is 3.88. The van der Waals surface area contributed by atoms with Crippen LogP contribution in [0.3, 0.4) is 0 Å². The highest BCUT2D eigenvalue weighted by Crippen LogP contribution is 2.28. The number of thiophene rings is 1. The van der Waals surface area contributed by atoms with E-state index in [4.69, 9.17) is 5.84 Å². The first-order valence-electron chi connectivity index (χ1n) is 4.57. The molecule has 0 aliphatic heterocycles. The molecule has 1 aromatic heterocycles. The van der Waals surface area contributed by atoms with Gasteiger partial charge in [-0.15, -0.1) is 11.3 Å². The first kappa shape index (κ1) is 12.6. The fraction of sp³-hybridized carbons (Fsp3) is 0.556. The number of nitrogens with one attached hydrogen (secondary N) is 1. The number of nitrogens with two attached hydrogens (primary N) is 1. The van der Waals surface area contributed by atoms with Crippen molar-refractivity contribution in [2.24, 2.45) is 5.84 Å². The molecule has 0 fully saturated rings. The Labute approximate surface area is 94.4 Å². The molecule has 0 spiro atoms. The molecule has 15 heavy (non-hydrogen) atoms. The smallest absolute Gasteiger partial charge is 0.151 e. The minimum Gasteiger partial charge on any atom is -0.271 e. The van der Waals surface area contributed by atoms with Crippen molar-refractivity contribution in [2.75, 3.05) is 6.26 Å². The summed E-state index contributed by atoms with van der Waals surface area (Å²) < 4.78 is 22.9. The molecule has 2 atom stereocenters. The molecule has 0 aliphatic rings. The van der Waals surface area contributed by atoms with Gasteiger partial charge in [-0.2, -0.15) is 0 Å². The van der Waals surface area contributed by atoms with Crippen molar-refractivity contribution in [3.63, 3.8) is 0 Å². The zero-order valence-corrected chi connectivity index (χ0v) is 10.7. The number of hydrazine groups is 1. The van der Waals surface area contributed by atoms with Crippen molar-refractivity contribution in [2.45, 2.75) is 25.1 Å². The molecular weight excluding hydrogens is 232 g/mol. The summed E-state index contributed by atoms with van der Waals surface area (Å²) in [5.74, 6) is 5.42. The molecule has 4 nitrogen and oxygen atoms in total. The lowest BCUT2D eigenvalue weighted by Crippen LogP contribution is -2.38. The van der Waals surface area contributed by atoms with Crippen LogP contribution in [-0.4, -0.2) is 19.9 Å². The fourth-order valence-corrected chi connectivity index (χ4v) is 3.26. The van der Waals surface area contributed by atoms with Crippen molar-refractivity contribution in [1.29, 1.82) is 0 Å². The highest BCUT2D eigenvalue weighted by atomic mass is 32.2. The molecule has 0 amide bonds. The Morgan fingerprint density at radius 1 is 1.53 bits per heavy atom. The van der Waals surface area contributed by atoms with Gasteiger partial charge in [-0.1, -0.05) is 0 Å². The van der Waals surface area contributed by atoms with E-state index in [0.717, 1.165) is 10.4 Å². The van der Waals surface area contributed by atoms with Crippen LogP contribution in [-0.2, 0) is 9.84 Å². The lowest BCUT2D eigenvalue weighted by atomic mass is 10.1. The number of hydrogen-bond donors (Lipinski definition) is 2. The van der Waals surface area contributed by atoms with Crippen molar-refractivity contribution in [3.05, 3.63) is 21.9 Å². The number of sulfone groups is 1. The third kappa shape index (κ3) is 2.78. The minimum absolute atomic E-state index is 0.333. The normalized spacial score (nSPS) is 16.3. The molecule has 0 aliphatic carbocycles. The molecule has 6 heteroatoms. The molecule has 86 valence electrons. The zero-order chi connectivity index (χ0) is 11.6. The zero-order valence-electron chi connectivity index (χ0n) is 9.02. The van der Waals surface area contributed by atoms with Gasteiger partial charge in [0.25, 0.3) is 0 Å². The Hall–Kier alpha value is -0.430. The molecule has 0 radical (unpaired) electrons. The summed E-state index contributed by atoms with van der Waals surface area (Å²) in [4.78, 5) is 0.982. The van der Waals surface area contributed by atoms with E-state index in [0.29, 0.717) is 0 Å². The van der Waals surface area contributed by atoms with E-state index < -0.39 is 15.1 Å².